The van der Waals surface area contributed by atoms with Gasteiger partial charge in [0.2, 0.25) is 0 Å². The van der Waals surface area contributed by atoms with E-state index in [0.717, 1.165) is 22.3 Å². The molecule has 0 saturated heterocycles. The molecule has 5 heterocycles. The molecule has 1 atom stereocenters. The van der Waals surface area contributed by atoms with Crippen molar-refractivity contribution in [2.75, 3.05) is 19.0 Å². The molecule has 0 bridgehead atoms. The number of carbonyl (C=O) groups excluding carboxylic acids is 1. The van der Waals surface area contributed by atoms with Crippen LogP contribution < -0.4 is 10.5 Å². The zero-order valence-corrected chi connectivity index (χ0v) is 16.4. The van der Waals surface area contributed by atoms with E-state index in [2.05, 4.69) is 4.98 Å². The van der Waals surface area contributed by atoms with Crippen LogP contribution in [-0.2, 0) is 28.3 Å². The monoisotopic (exact) mass is 392 g/mol. The van der Waals surface area contributed by atoms with Gasteiger partial charge in [-0.3, -0.25) is 4.79 Å². The number of aromatic nitrogens is 3. The van der Waals surface area contributed by atoms with Gasteiger partial charge < -0.3 is 19.3 Å². The summed E-state index contributed by atoms with van der Waals surface area (Å²) in [4.78, 5) is 36.6. The number of hydrogen-bond donors (Lipinski definition) is 1. The van der Waals surface area contributed by atoms with E-state index >= 15 is 0 Å². The Hall–Kier alpha value is -3.26. The maximum Gasteiger partial charge on any atom is 0.343 e. The number of hydrogen-bond acceptors (Lipinski definition) is 7. The summed E-state index contributed by atoms with van der Waals surface area (Å²) in [7, 11) is 3.84. The highest BCUT2D eigenvalue weighted by atomic mass is 16.6. The van der Waals surface area contributed by atoms with Crippen molar-refractivity contribution in [2.45, 2.75) is 32.1 Å². The van der Waals surface area contributed by atoms with E-state index in [9.17, 15) is 14.7 Å². The van der Waals surface area contributed by atoms with Crippen LogP contribution in [0.4, 0.5) is 5.82 Å². The molecule has 0 unspecified atom stereocenters. The second kappa shape index (κ2) is 5.87. The average Bonchev–Trinajstić information content (AvgIpc) is 3.07. The average molecular weight is 392 g/mol. The minimum atomic E-state index is -1.82. The molecule has 2 aliphatic rings. The topological polar surface area (TPSA) is 97.5 Å². The van der Waals surface area contributed by atoms with Crippen molar-refractivity contribution in [1.29, 1.82) is 0 Å². The molecule has 3 aromatic rings. The SMILES string of the molecule is CC[C@@]1(O)C(=O)OCc2c1cc1n(c2=O)Cc2cc3c(N(C)C)nccc3nc2-1. The molecule has 0 amide bonds. The summed E-state index contributed by atoms with van der Waals surface area (Å²) >= 11 is 0. The van der Waals surface area contributed by atoms with Gasteiger partial charge in [0.25, 0.3) is 5.56 Å². The fourth-order valence-electron chi connectivity index (χ4n) is 4.24. The molecule has 0 spiro atoms. The summed E-state index contributed by atoms with van der Waals surface area (Å²) < 4.78 is 6.73. The Kier molecular flexibility index (Phi) is 3.61. The minimum Gasteiger partial charge on any atom is -0.458 e. The van der Waals surface area contributed by atoms with Crippen LogP contribution in [0.2, 0.25) is 0 Å². The van der Waals surface area contributed by atoms with E-state index in [1.54, 1.807) is 23.8 Å². The Morgan fingerprint density at radius 1 is 1.31 bits per heavy atom. The smallest absolute Gasteiger partial charge is 0.343 e. The van der Waals surface area contributed by atoms with Crippen LogP contribution in [0.1, 0.15) is 30.0 Å². The number of nitrogens with zero attached hydrogens (tertiary/aromatic N) is 4. The van der Waals surface area contributed by atoms with Crippen LogP contribution in [0.3, 0.4) is 0 Å². The molecule has 0 radical (unpaired) electrons. The van der Waals surface area contributed by atoms with Gasteiger partial charge in [0.1, 0.15) is 12.4 Å². The lowest BCUT2D eigenvalue weighted by Crippen LogP contribution is -2.44. The normalized spacial score (nSPS) is 19.5. The first-order chi connectivity index (χ1) is 13.8. The lowest BCUT2D eigenvalue weighted by Gasteiger charge is -2.31. The number of carbonyl (C=O) groups is 1. The third kappa shape index (κ3) is 2.29. The number of fused-ring (bicyclic) bond motifs is 5. The van der Waals surface area contributed by atoms with Crippen molar-refractivity contribution in [2.24, 2.45) is 0 Å². The highest BCUT2D eigenvalue weighted by Gasteiger charge is 2.45. The van der Waals surface area contributed by atoms with Crippen LogP contribution in [0.25, 0.3) is 22.3 Å². The Morgan fingerprint density at radius 3 is 2.83 bits per heavy atom. The largest absolute Gasteiger partial charge is 0.458 e. The van der Waals surface area contributed by atoms with E-state index in [1.165, 1.54) is 0 Å². The quantitative estimate of drug-likeness (QED) is 0.517. The number of pyridine rings is 3. The summed E-state index contributed by atoms with van der Waals surface area (Å²) in [5.74, 6) is 0.0861. The Balaban J connectivity index is 1.78. The first kappa shape index (κ1) is 17.8. The highest BCUT2D eigenvalue weighted by Crippen LogP contribution is 2.39. The molecule has 2 aliphatic heterocycles. The van der Waals surface area contributed by atoms with Crippen molar-refractivity contribution in [3.63, 3.8) is 0 Å². The maximum atomic E-state index is 13.2. The van der Waals surface area contributed by atoms with Crippen LogP contribution in [0.15, 0.2) is 29.2 Å². The van der Waals surface area contributed by atoms with Gasteiger partial charge in [0.05, 0.1) is 29.0 Å². The van der Waals surface area contributed by atoms with Crippen LogP contribution >= 0.6 is 0 Å². The van der Waals surface area contributed by atoms with E-state index in [-0.39, 0.29) is 18.6 Å². The fraction of sp³-hybridized carbons (Fsp3) is 0.333. The van der Waals surface area contributed by atoms with Gasteiger partial charge >= 0.3 is 5.97 Å². The Bertz CT molecular complexity index is 1260. The van der Waals surface area contributed by atoms with Crippen molar-refractivity contribution in [3.8, 4) is 11.4 Å². The molecule has 0 aromatic carbocycles. The molecule has 0 aliphatic carbocycles. The predicted octanol–water partition coefficient (Wildman–Crippen LogP) is 1.54. The van der Waals surface area contributed by atoms with Crippen molar-refractivity contribution in [1.82, 2.24) is 14.5 Å². The second-order valence-corrected chi connectivity index (χ2v) is 7.69. The molecule has 0 saturated carbocycles. The lowest BCUT2D eigenvalue weighted by molar-refractivity contribution is -0.172. The molecule has 3 aromatic heterocycles. The van der Waals surface area contributed by atoms with Gasteiger partial charge in [-0.2, -0.15) is 0 Å². The van der Waals surface area contributed by atoms with E-state index in [1.807, 2.05) is 31.1 Å². The third-order valence-electron chi connectivity index (χ3n) is 5.84. The number of anilines is 1. The zero-order chi connectivity index (χ0) is 20.5. The Morgan fingerprint density at radius 2 is 2.10 bits per heavy atom. The van der Waals surface area contributed by atoms with Gasteiger partial charge in [-0.1, -0.05) is 6.92 Å². The van der Waals surface area contributed by atoms with Crippen LogP contribution in [0.5, 0.6) is 0 Å². The van der Waals surface area contributed by atoms with Gasteiger partial charge in [-0.15, -0.1) is 0 Å². The highest BCUT2D eigenvalue weighted by molar-refractivity contribution is 5.92. The number of ether oxygens (including phenoxy) is 1. The van der Waals surface area contributed by atoms with Gasteiger partial charge in [0.15, 0.2) is 5.60 Å². The molecule has 8 heteroatoms. The molecule has 5 rings (SSSR count). The predicted molar refractivity (Wildman–Crippen MR) is 107 cm³/mol. The molecule has 1 N–H and O–H groups in total. The molecule has 148 valence electrons. The first-order valence-corrected chi connectivity index (χ1v) is 9.48. The number of aliphatic hydroxyl groups is 1. The van der Waals surface area contributed by atoms with Gasteiger partial charge in [0, 0.05) is 36.8 Å². The summed E-state index contributed by atoms with van der Waals surface area (Å²) in [6, 6.07) is 5.57. The van der Waals surface area contributed by atoms with E-state index in [4.69, 9.17) is 9.72 Å². The second-order valence-electron chi connectivity index (χ2n) is 7.69. The summed E-state index contributed by atoms with van der Waals surface area (Å²) in [6.07, 6.45) is 1.83. The lowest BCUT2D eigenvalue weighted by atomic mass is 9.86. The number of esters is 1. The fourth-order valence-corrected chi connectivity index (χ4v) is 4.24. The van der Waals surface area contributed by atoms with Gasteiger partial charge in [-0.05, 0) is 24.6 Å². The molecular weight excluding hydrogens is 372 g/mol. The standard InChI is InChI=1S/C21H20N4O4/c1-4-21(28)14-8-16-17-11(9-25(16)19(26)13(14)10-29-20(21)27)7-12-15(23-17)5-6-22-18(12)24(2)3/h5-8,28H,4,9-10H2,1-3H3/t21-/m0/s1. The zero-order valence-electron chi connectivity index (χ0n) is 16.4. The van der Waals surface area contributed by atoms with Gasteiger partial charge in [-0.25, -0.2) is 14.8 Å². The van der Waals surface area contributed by atoms with Crippen molar-refractivity contribution < 1.29 is 14.6 Å². The summed E-state index contributed by atoms with van der Waals surface area (Å²) in [5.41, 5.74) is 1.54. The van der Waals surface area contributed by atoms with E-state index < -0.39 is 11.6 Å². The first-order valence-electron chi connectivity index (χ1n) is 9.48. The van der Waals surface area contributed by atoms with E-state index in [0.29, 0.717) is 29.1 Å². The van der Waals surface area contributed by atoms with Crippen molar-refractivity contribution >= 4 is 22.7 Å². The molecule has 29 heavy (non-hydrogen) atoms. The maximum absolute atomic E-state index is 13.2. The number of rotatable bonds is 2. The third-order valence-corrected chi connectivity index (χ3v) is 5.84. The van der Waals surface area contributed by atoms with Crippen LogP contribution in [-0.4, -0.2) is 39.7 Å². The minimum absolute atomic E-state index is 0.123. The summed E-state index contributed by atoms with van der Waals surface area (Å²) in [6.45, 7) is 1.94. The number of cyclic esters (lactones) is 1. The Labute approximate surface area is 166 Å². The summed E-state index contributed by atoms with van der Waals surface area (Å²) in [5, 5.41) is 11.8. The van der Waals surface area contributed by atoms with Crippen molar-refractivity contribution in [3.05, 3.63) is 51.4 Å². The van der Waals surface area contributed by atoms with Crippen LogP contribution in [0, 0.1) is 0 Å². The molecular formula is C21H20N4O4. The molecule has 0 fully saturated rings. The molecule has 8 nitrogen and oxygen atoms in total.